The molecule has 0 aliphatic heterocycles. The second kappa shape index (κ2) is 4.99. The highest BCUT2D eigenvalue weighted by Crippen LogP contribution is 2.25. The summed E-state index contributed by atoms with van der Waals surface area (Å²) >= 11 is 2.83. The topological polar surface area (TPSA) is 84.8 Å². The summed E-state index contributed by atoms with van der Waals surface area (Å²) in [6, 6.07) is 9.88. The van der Waals surface area contributed by atoms with Crippen LogP contribution >= 0.6 is 22.7 Å². The van der Waals surface area contributed by atoms with E-state index in [1.54, 1.807) is 23.5 Å². The number of hydrogen-bond donors (Lipinski definition) is 1. The Morgan fingerprint density at radius 1 is 1.25 bits per heavy atom. The van der Waals surface area contributed by atoms with E-state index in [1.807, 2.05) is 17.5 Å². The predicted octanol–water partition coefficient (Wildman–Crippen LogP) is 3.05. The summed E-state index contributed by atoms with van der Waals surface area (Å²) < 4.78 is 1.48. The van der Waals surface area contributed by atoms with E-state index in [9.17, 15) is 10.1 Å². The Balaban J connectivity index is 2.02. The van der Waals surface area contributed by atoms with Crippen molar-refractivity contribution in [2.75, 3.05) is 0 Å². The number of aromatic nitrogens is 2. The fourth-order valence-corrected chi connectivity index (χ4v) is 3.26. The van der Waals surface area contributed by atoms with E-state index in [0.717, 1.165) is 9.88 Å². The molecule has 3 rings (SSSR count). The highest BCUT2D eigenvalue weighted by molar-refractivity contribution is 7.19. The monoisotopic (exact) mass is 304 g/mol. The fraction of sp³-hybridized carbons (Fsp3) is 0. The maximum Gasteiger partial charge on any atom is 0.269 e. The molecule has 6 nitrogen and oxygen atoms in total. The van der Waals surface area contributed by atoms with E-state index < -0.39 is 4.92 Å². The number of nitrogens with one attached hydrogen (secondary N) is 1. The third-order valence-corrected chi connectivity index (χ3v) is 4.48. The summed E-state index contributed by atoms with van der Waals surface area (Å²) in [5.74, 6) is 0. The predicted molar refractivity (Wildman–Crippen MR) is 77.3 cm³/mol. The van der Waals surface area contributed by atoms with Gasteiger partial charge >= 0.3 is 0 Å². The Morgan fingerprint density at radius 2 is 2.00 bits per heavy atom. The number of thiophene rings is 1. The number of non-ortho nitro benzene ring substituents is 1. The molecule has 0 bridgehead atoms. The van der Waals surface area contributed by atoms with Gasteiger partial charge in [-0.2, -0.15) is 5.10 Å². The van der Waals surface area contributed by atoms with Crippen molar-refractivity contribution in [3.05, 3.63) is 56.7 Å². The first-order valence-electron chi connectivity index (χ1n) is 5.58. The van der Waals surface area contributed by atoms with E-state index in [2.05, 4.69) is 5.10 Å². The molecule has 2 heterocycles. The molecule has 0 aliphatic rings. The summed E-state index contributed by atoms with van der Waals surface area (Å²) in [6.07, 6.45) is 0. The molecule has 0 saturated carbocycles. The maximum absolute atomic E-state index is 10.6. The molecular formula is C12H8N4O2S2. The van der Waals surface area contributed by atoms with Crippen LogP contribution in [-0.4, -0.2) is 14.7 Å². The first-order valence-corrected chi connectivity index (χ1v) is 7.28. The maximum atomic E-state index is 10.6. The van der Waals surface area contributed by atoms with Crippen LogP contribution in [0.15, 0.2) is 41.8 Å². The zero-order valence-corrected chi connectivity index (χ0v) is 11.6. The van der Waals surface area contributed by atoms with Gasteiger partial charge in [-0.1, -0.05) is 17.4 Å². The van der Waals surface area contributed by atoms with Crippen LogP contribution in [-0.2, 0) is 0 Å². The number of rotatable bonds is 3. The number of nitro groups is 1. The summed E-state index contributed by atoms with van der Waals surface area (Å²) in [6.45, 7) is 0. The molecule has 0 saturated heterocycles. The molecular weight excluding hydrogens is 296 g/mol. The number of nitro benzene ring substituents is 1. The lowest BCUT2D eigenvalue weighted by atomic mass is 10.3. The van der Waals surface area contributed by atoms with Gasteiger partial charge in [0.1, 0.15) is 0 Å². The van der Waals surface area contributed by atoms with Crippen molar-refractivity contribution >= 4 is 28.4 Å². The van der Waals surface area contributed by atoms with Crippen LogP contribution < -0.4 is 4.80 Å². The highest BCUT2D eigenvalue weighted by atomic mass is 32.1. The number of nitrogens with zero attached hydrogens (tertiary/aromatic N) is 3. The van der Waals surface area contributed by atoms with Crippen LogP contribution in [0.2, 0.25) is 0 Å². The van der Waals surface area contributed by atoms with Crippen molar-refractivity contribution in [2.45, 2.75) is 0 Å². The molecule has 0 unspecified atom stereocenters. The van der Waals surface area contributed by atoms with E-state index in [-0.39, 0.29) is 10.5 Å². The molecule has 0 atom stereocenters. The summed E-state index contributed by atoms with van der Waals surface area (Å²) in [7, 11) is 0. The molecule has 0 amide bonds. The summed E-state index contributed by atoms with van der Waals surface area (Å²) in [5.41, 5.74) is 0.661. The van der Waals surface area contributed by atoms with Crippen molar-refractivity contribution in [1.82, 2.24) is 9.78 Å². The molecule has 20 heavy (non-hydrogen) atoms. The quantitative estimate of drug-likeness (QED) is 0.596. The van der Waals surface area contributed by atoms with Crippen LogP contribution in [0.1, 0.15) is 0 Å². The fourth-order valence-electron chi connectivity index (χ4n) is 1.68. The van der Waals surface area contributed by atoms with Gasteiger partial charge in [-0.05, 0) is 23.6 Å². The molecule has 0 spiro atoms. The van der Waals surface area contributed by atoms with E-state index >= 15 is 0 Å². The van der Waals surface area contributed by atoms with Crippen LogP contribution in [0.3, 0.4) is 0 Å². The largest absolute Gasteiger partial charge is 0.273 e. The standard InChI is InChI=1S/C12H8N4O2S2/c13-12-15(8-3-5-9(6-4-8)16(17)18)14-11(20-12)10-2-1-7-19-10/h1-7,13H. The zero-order valence-electron chi connectivity index (χ0n) is 10.0. The van der Waals surface area contributed by atoms with Gasteiger partial charge < -0.3 is 0 Å². The minimum Gasteiger partial charge on any atom is -0.273 e. The third kappa shape index (κ3) is 2.26. The van der Waals surface area contributed by atoms with Gasteiger partial charge in [0.15, 0.2) is 5.01 Å². The molecule has 1 N–H and O–H groups in total. The van der Waals surface area contributed by atoms with Gasteiger partial charge in [0.2, 0.25) is 4.80 Å². The summed E-state index contributed by atoms with van der Waals surface area (Å²) in [4.78, 5) is 11.5. The lowest BCUT2D eigenvalue weighted by molar-refractivity contribution is -0.384. The number of hydrogen-bond acceptors (Lipinski definition) is 6. The number of benzene rings is 1. The van der Waals surface area contributed by atoms with Gasteiger partial charge in [0, 0.05) is 12.1 Å². The van der Waals surface area contributed by atoms with E-state index in [1.165, 1.54) is 28.2 Å². The molecule has 1 aromatic carbocycles. The smallest absolute Gasteiger partial charge is 0.269 e. The molecule has 2 aromatic heterocycles. The lowest BCUT2D eigenvalue weighted by Crippen LogP contribution is -2.12. The van der Waals surface area contributed by atoms with Gasteiger partial charge in [-0.25, -0.2) is 4.68 Å². The van der Waals surface area contributed by atoms with Crippen molar-refractivity contribution in [1.29, 1.82) is 5.41 Å². The minimum atomic E-state index is -0.450. The van der Waals surface area contributed by atoms with E-state index in [0.29, 0.717) is 5.69 Å². The Kier molecular flexibility index (Phi) is 3.17. The molecule has 0 aliphatic carbocycles. The van der Waals surface area contributed by atoms with Crippen LogP contribution in [0.5, 0.6) is 0 Å². The normalized spacial score (nSPS) is 10.6. The summed E-state index contributed by atoms with van der Waals surface area (Å²) in [5, 5.41) is 25.7. The average Bonchev–Trinajstić information content (AvgIpc) is 3.08. The van der Waals surface area contributed by atoms with Gasteiger partial charge in [-0.3, -0.25) is 15.5 Å². The Bertz CT molecular complexity index is 803. The molecule has 8 heteroatoms. The first-order chi connectivity index (χ1) is 9.65. The van der Waals surface area contributed by atoms with Crippen LogP contribution in [0, 0.1) is 15.5 Å². The van der Waals surface area contributed by atoms with Crippen LogP contribution in [0.25, 0.3) is 15.6 Å². The SMILES string of the molecule is N=c1sc(-c2cccs2)nn1-c1ccc([N+](=O)[O-])cc1. The van der Waals surface area contributed by atoms with Crippen molar-refractivity contribution in [3.8, 4) is 15.6 Å². The zero-order chi connectivity index (χ0) is 14.1. The van der Waals surface area contributed by atoms with Crippen molar-refractivity contribution in [2.24, 2.45) is 0 Å². The Morgan fingerprint density at radius 3 is 2.60 bits per heavy atom. The first kappa shape index (κ1) is 12.7. The van der Waals surface area contributed by atoms with Crippen molar-refractivity contribution < 1.29 is 4.92 Å². The molecule has 3 aromatic rings. The minimum absolute atomic E-state index is 0.0228. The van der Waals surface area contributed by atoms with E-state index in [4.69, 9.17) is 5.41 Å². The van der Waals surface area contributed by atoms with Gasteiger partial charge in [0.25, 0.3) is 5.69 Å². The lowest BCUT2D eigenvalue weighted by Gasteiger charge is -1.99. The van der Waals surface area contributed by atoms with Crippen molar-refractivity contribution in [3.63, 3.8) is 0 Å². The Labute approximate surface area is 121 Å². The molecule has 0 fully saturated rings. The van der Waals surface area contributed by atoms with Gasteiger partial charge in [-0.15, -0.1) is 11.3 Å². The molecule has 100 valence electrons. The second-order valence-electron chi connectivity index (χ2n) is 3.87. The van der Waals surface area contributed by atoms with Gasteiger partial charge in [0.05, 0.1) is 15.5 Å². The second-order valence-corrected chi connectivity index (χ2v) is 5.80. The third-order valence-electron chi connectivity index (χ3n) is 2.61. The Hall–Kier alpha value is -2.32. The van der Waals surface area contributed by atoms with Crippen LogP contribution in [0.4, 0.5) is 5.69 Å². The highest BCUT2D eigenvalue weighted by Gasteiger charge is 2.10. The average molecular weight is 304 g/mol. The molecule has 0 radical (unpaired) electrons.